The van der Waals surface area contributed by atoms with Crippen molar-refractivity contribution in [3.8, 4) is 5.75 Å². The molecular weight excluding hydrogens is 518 g/mol. The van der Waals surface area contributed by atoms with E-state index in [1.807, 2.05) is 6.07 Å². The highest BCUT2D eigenvalue weighted by Gasteiger charge is 2.55. The zero-order valence-electron chi connectivity index (χ0n) is 19.6. The fourth-order valence-electron chi connectivity index (χ4n) is 3.27. The zero-order valence-corrected chi connectivity index (χ0v) is 22.3. The first-order valence-corrected chi connectivity index (χ1v) is 14.1. The van der Waals surface area contributed by atoms with Crippen LogP contribution in [0.15, 0.2) is 47.4 Å². The molecule has 11 nitrogen and oxygen atoms in total. The Hall–Kier alpha value is -1.97. The molecule has 1 fully saturated rings. The third kappa shape index (κ3) is 6.62. The van der Waals surface area contributed by atoms with Gasteiger partial charge in [0.1, 0.15) is 28.6 Å². The molecule has 1 aliphatic rings. The van der Waals surface area contributed by atoms with Gasteiger partial charge in [0.05, 0.1) is 6.10 Å². The number of halogens is 1. The van der Waals surface area contributed by atoms with Crippen LogP contribution in [0, 0.1) is 0 Å². The molecule has 0 aliphatic carbocycles. The lowest BCUT2D eigenvalue weighted by atomic mass is 10.0. The number of benzene rings is 1. The summed E-state index contributed by atoms with van der Waals surface area (Å²) in [5.41, 5.74) is 4.86. The molecule has 0 bridgehead atoms. The molecule has 1 aromatic carbocycles. The number of aliphatic hydroxyl groups is 1. The Morgan fingerprint density at radius 2 is 2.00 bits per heavy atom. The van der Waals surface area contributed by atoms with E-state index in [-0.39, 0.29) is 11.9 Å². The Labute approximate surface area is 210 Å². The minimum Gasteiger partial charge on any atom is -0.462 e. The van der Waals surface area contributed by atoms with Gasteiger partial charge in [-0.15, -0.1) is 11.6 Å². The van der Waals surface area contributed by atoms with Crippen molar-refractivity contribution in [2.45, 2.75) is 63.3 Å². The number of esters is 1. The fraction of sp³-hybridized carbons (Fsp3) is 0.476. The average Bonchev–Trinajstić information content (AvgIpc) is 2.97. The van der Waals surface area contributed by atoms with E-state index in [9.17, 15) is 14.7 Å². The summed E-state index contributed by atoms with van der Waals surface area (Å²) in [5.74, 6) is -0.0820. The highest BCUT2D eigenvalue weighted by atomic mass is 35.5. The molecule has 0 radical (unpaired) electrons. The molecule has 3 rings (SSSR count). The molecule has 0 spiro atoms. The zero-order chi connectivity index (χ0) is 26.0. The van der Waals surface area contributed by atoms with Crippen molar-refractivity contribution < 1.29 is 28.4 Å². The van der Waals surface area contributed by atoms with E-state index in [2.05, 4.69) is 18.6 Å². The van der Waals surface area contributed by atoms with Gasteiger partial charge in [-0.3, -0.25) is 13.9 Å². The Bertz CT molecular complexity index is 1150. The summed E-state index contributed by atoms with van der Waals surface area (Å²) in [6.07, 6.45) is -2.88. The van der Waals surface area contributed by atoms with Crippen LogP contribution in [0.1, 0.15) is 33.9 Å². The first-order chi connectivity index (χ1) is 16.3. The van der Waals surface area contributed by atoms with Crippen molar-refractivity contribution in [1.29, 1.82) is 0 Å². The van der Waals surface area contributed by atoms with Gasteiger partial charge in [-0.25, -0.2) is 9.88 Å². The summed E-state index contributed by atoms with van der Waals surface area (Å²) in [4.78, 5) is 27.0. The molecule has 0 saturated carbocycles. The second-order valence-electron chi connectivity index (χ2n) is 8.39. The molecule has 1 aliphatic heterocycles. The third-order valence-electron chi connectivity index (χ3n) is 4.98. The number of nitrogens with one attached hydrogen (secondary N) is 1. The van der Waals surface area contributed by atoms with Crippen molar-refractivity contribution in [3.05, 3.63) is 53.1 Å². The molecule has 35 heavy (non-hydrogen) atoms. The smallest absolute Gasteiger partial charge is 0.351 e. The van der Waals surface area contributed by atoms with Gasteiger partial charge in [0.15, 0.2) is 12.5 Å². The number of aromatic nitrogens is 2. The van der Waals surface area contributed by atoms with Gasteiger partial charge in [-0.05, 0) is 54.4 Å². The first kappa shape index (κ1) is 27.6. The number of carbonyl (C=O) groups excluding carboxylic acids is 1. The van der Waals surface area contributed by atoms with E-state index < -0.39 is 48.4 Å². The van der Waals surface area contributed by atoms with Crippen molar-refractivity contribution >= 4 is 39.1 Å². The molecular formula is C21H29ClN4O7P2. The van der Waals surface area contributed by atoms with Crippen LogP contribution in [-0.2, 0) is 18.8 Å². The molecule has 6 atom stereocenters. The molecule has 0 amide bonds. The maximum absolute atomic E-state index is 12.4. The lowest BCUT2D eigenvalue weighted by molar-refractivity contribution is -0.149. The normalized spacial score (nSPS) is 26.8. The first-order valence-electron chi connectivity index (χ1n) is 10.7. The number of aliphatic hydroxyl groups excluding tert-OH is 1. The van der Waals surface area contributed by atoms with Crippen molar-refractivity contribution in [1.82, 2.24) is 14.6 Å². The van der Waals surface area contributed by atoms with Crippen LogP contribution in [0.4, 0.5) is 5.82 Å². The number of anilines is 1. The number of nitrogens with zero attached hydrogens (tertiary/aromatic N) is 2. The highest BCUT2D eigenvalue weighted by Crippen LogP contribution is 2.55. The van der Waals surface area contributed by atoms with Crippen molar-refractivity contribution in [2.24, 2.45) is 0 Å². The number of carbonyl (C=O) groups is 1. The van der Waals surface area contributed by atoms with Crippen LogP contribution in [0.5, 0.6) is 5.75 Å². The van der Waals surface area contributed by atoms with Gasteiger partial charge >= 0.3 is 11.7 Å². The Morgan fingerprint density at radius 1 is 1.34 bits per heavy atom. The van der Waals surface area contributed by atoms with Crippen LogP contribution in [0.3, 0.4) is 0 Å². The third-order valence-corrected chi connectivity index (χ3v) is 8.07. The largest absolute Gasteiger partial charge is 0.462 e. The average molecular weight is 547 g/mol. The number of alkyl halides is 1. The number of ether oxygens (including phenoxy) is 2. The molecule has 4 N–H and O–H groups in total. The SMILES string of the molecule is CC(C)OC(=O)[C@@H](C)NP(=P)(Oc1ccccc1)OC1O[C@@H](n2ccc(N)nc2=O)[C@](C)(Cl)[C@@H]1O. The number of nitrogens with two attached hydrogens (primary N) is 1. The molecule has 2 unspecified atom stereocenters. The molecule has 192 valence electrons. The van der Waals surface area contributed by atoms with Gasteiger partial charge < -0.3 is 24.8 Å². The van der Waals surface area contributed by atoms with E-state index in [0.29, 0.717) is 5.75 Å². The summed E-state index contributed by atoms with van der Waals surface area (Å²) in [6.45, 7) is 6.54. The lowest BCUT2D eigenvalue weighted by Crippen LogP contribution is -2.42. The Kier molecular flexibility index (Phi) is 8.65. The minimum absolute atomic E-state index is 0.0294. The second-order valence-corrected chi connectivity index (χ2v) is 12.7. The summed E-state index contributed by atoms with van der Waals surface area (Å²) < 4.78 is 24.3. The standard InChI is InChI=1S/C21H29ClN4O7P2/c1-12(2)30-17(28)13(3)25-35(34,32-14-8-6-5-7-9-14)33-18-16(27)21(4,22)19(31-18)26-11-10-15(23)24-20(26)29/h5-13,16,18-19,25,27,34H,1-4H3,(H2,23,24,29)/t13-,16-,18?,19-,21-,35?/m1/s1. The number of para-hydroxylation sites is 1. The summed E-state index contributed by atoms with van der Waals surface area (Å²) in [5, 5.41) is 13.9. The molecule has 2 heterocycles. The minimum atomic E-state index is -3.34. The predicted molar refractivity (Wildman–Crippen MR) is 134 cm³/mol. The quantitative estimate of drug-likeness (QED) is 0.244. The Morgan fingerprint density at radius 3 is 2.60 bits per heavy atom. The Balaban J connectivity index is 1.89. The molecule has 14 heteroatoms. The number of nitrogen functional groups attached to an aromatic ring is 1. The van der Waals surface area contributed by atoms with Crippen LogP contribution in [0.25, 0.3) is 0 Å². The van der Waals surface area contributed by atoms with Crippen LogP contribution < -0.4 is 21.0 Å². The molecule has 1 saturated heterocycles. The van der Waals surface area contributed by atoms with E-state index in [0.717, 1.165) is 4.57 Å². The number of rotatable bonds is 9. The lowest BCUT2D eigenvalue weighted by Gasteiger charge is -2.31. The summed E-state index contributed by atoms with van der Waals surface area (Å²) in [6, 6.07) is 9.26. The van der Waals surface area contributed by atoms with Gasteiger partial charge in [0.2, 0.25) is 0 Å². The monoisotopic (exact) mass is 546 g/mol. The van der Waals surface area contributed by atoms with Gasteiger partial charge in [0.25, 0.3) is 7.15 Å². The predicted octanol–water partition coefficient (Wildman–Crippen LogP) is 2.88. The van der Waals surface area contributed by atoms with Crippen molar-refractivity contribution in [2.75, 3.05) is 5.73 Å². The maximum Gasteiger partial charge on any atom is 0.351 e. The number of hydrogen-bond acceptors (Lipinski definition) is 9. The molecule has 1 aromatic heterocycles. The van der Waals surface area contributed by atoms with Crippen LogP contribution >= 0.6 is 27.3 Å². The second kappa shape index (κ2) is 11.0. The van der Waals surface area contributed by atoms with Crippen LogP contribution in [-0.4, -0.2) is 50.0 Å². The maximum atomic E-state index is 12.4. The van der Waals surface area contributed by atoms with Gasteiger partial charge in [-0.1, -0.05) is 18.2 Å². The fourth-order valence-corrected chi connectivity index (χ4v) is 6.38. The highest BCUT2D eigenvalue weighted by molar-refractivity contribution is 7.91. The van der Waals surface area contributed by atoms with E-state index in [4.69, 9.17) is 35.9 Å². The van der Waals surface area contributed by atoms with Crippen LogP contribution in [0.2, 0.25) is 0 Å². The van der Waals surface area contributed by atoms with E-state index >= 15 is 0 Å². The van der Waals surface area contributed by atoms with Crippen molar-refractivity contribution in [3.63, 3.8) is 0 Å². The number of hydrogen-bond donors (Lipinski definition) is 3. The summed E-state index contributed by atoms with van der Waals surface area (Å²) in [7, 11) is 0.179. The topological polar surface area (TPSA) is 147 Å². The van der Waals surface area contributed by atoms with Gasteiger partial charge in [0, 0.05) is 6.20 Å². The van der Waals surface area contributed by atoms with E-state index in [1.54, 1.807) is 45.0 Å². The van der Waals surface area contributed by atoms with E-state index in [1.165, 1.54) is 19.2 Å². The molecule has 2 aromatic rings. The van der Waals surface area contributed by atoms with Gasteiger partial charge in [-0.2, -0.15) is 4.98 Å². The summed E-state index contributed by atoms with van der Waals surface area (Å²) >= 11 is 6.62.